The monoisotopic (exact) mass is 537 g/mol. The number of ether oxygens (including phenoxy) is 1. The third-order valence-corrected chi connectivity index (χ3v) is 5.19. The number of guanidine groups is 1. The first kappa shape index (κ1) is 23.3. The summed E-state index contributed by atoms with van der Waals surface area (Å²) in [6.45, 7) is 5.68. The number of nitrogens with one attached hydrogen (secondary N) is 1. The van der Waals surface area contributed by atoms with Crippen molar-refractivity contribution in [2.45, 2.75) is 19.4 Å². The Labute approximate surface area is 193 Å². The number of rotatable bonds is 5. The molecule has 1 aliphatic rings. The van der Waals surface area contributed by atoms with Crippen molar-refractivity contribution < 1.29 is 4.74 Å². The molecule has 1 aromatic carbocycles. The number of hydrogen-bond acceptors (Lipinski definition) is 3. The van der Waals surface area contributed by atoms with Gasteiger partial charge in [0.2, 0.25) is 0 Å². The van der Waals surface area contributed by atoms with Gasteiger partial charge in [0.25, 0.3) is 0 Å². The zero-order valence-corrected chi connectivity index (χ0v) is 19.9. The molecular formula is C19H26Cl2IN5O. The van der Waals surface area contributed by atoms with Crippen LogP contribution in [0.25, 0.3) is 0 Å². The molecule has 0 spiro atoms. The van der Waals surface area contributed by atoms with E-state index in [1.165, 1.54) is 0 Å². The Balaban J connectivity index is 0.00000280. The summed E-state index contributed by atoms with van der Waals surface area (Å²) in [7, 11) is 1.91. The van der Waals surface area contributed by atoms with Crippen LogP contribution in [0.1, 0.15) is 24.2 Å². The van der Waals surface area contributed by atoms with Crippen molar-refractivity contribution in [2.75, 3.05) is 32.8 Å². The summed E-state index contributed by atoms with van der Waals surface area (Å²) in [4.78, 5) is 7.02. The van der Waals surface area contributed by atoms with E-state index in [0.29, 0.717) is 29.6 Å². The molecule has 1 atom stereocenters. The maximum atomic E-state index is 6.26. The van der Waals surface area contributed by atoms with Gasteiger partial charge in [-0.05, 0) is 31.0 Å². The van der Waals surface area contributed by atoms with Crippen LogP contribution in [0.5, 0.6) is 0 Å². The van der Waals surface area contributed by atoms with Gasteiger partial charge in [0.1, 0.15) is 6.10 Å². The molecule has 0 amide bonds. The van der Waals surface area contributed by atoms with Crippen molar-refractivity contribution in [2.24, 2.45) is 12.0 Å². The highest BCUT2D eigenvalue weighted by Crippen LogP contribution is 2.25. The van der Waals surface area contributed by atoms with E-state index >= 15 is 0 Å². The first-order valence-electron chi connectivity index (χ1n) is 9.14. The number of aromatic nitrogens is 2. The SMILES string of the molecule is CCNC(=NCCc1c(Cl)cccc1Cl)N1CCOC(c2cnn(C)c2)C1.I. The Hall–Kier alpha value is -1.03. The van der Waals surface area contributed by atoms with Gasteiger partial charge in [-0.25, -0.2) is 0 Å². The van der Waals surface area contributed by atoms with Crippen molar-refractivity contribution in [3.63, 3.8) is 0 Å². The Morgan fingerprint density at radius 1 is 1.36 bits per heavy atom. The average molecular weight is 538 g/mol. The van der Waals surface area contributed by atoms with Gasteiger partial charge in [-0.2, -0.15) is 5.10 Å². The van der Waals surface area contributed by atoms with Crippen LogP contribution < -0.4 is 5.32 Å². The first-order valence-corrected chi connectivity index (χ1v) is 9.90. The van der Waals surface area contributed by atoms with Crippen LogP contribution in [-0.2, 0) is 18.2 Å². The maximum absolute atomic E-state index is 6.26. The average Bonchev–Trinajstić information content (AvgIpc) is 3.10. The second kappa shape index (κ2) is 11.2. The number of morpholine rings is 1. The van der Waals surface area contributed by atoms with Crippen molar-refractivity contribution in [3.8, 4) is 0 Å². The zero-order valence-electron chi connectivity index (χ0n) is 16.1. The summed E-state index contributed by atoms with van der Waals surface area (Å²) >= 11 is 12.5. The number of nitrogens with zero attached hydrogens (tertiary/aromatic N) is 4. The molecule has 6 nitrogen and oxygen atoms in total. The molecule has 1 unspecified atom stereocenters. The number of halogens is 3. The Morgan fingerprint density at radius 3 is 2.75 bits per heavy atom. The molecule has 1 aromatic heterocycles. The van der Waals surface area contributed by atoms with Crippen molar-refractivity contribution in [1.29, 1.82) is 0 Å². The highest BCUT2D eigenvalue weighted by atomic mass is 127. The molecule has 2 aromatic rings. The molecule has 1 saturated heterocycles. The summed E-state index contributed by atoms with van der Waals surface area (Å²) in [6.07, 6.45) is 4.55. The highest BCUT2D eigenvalue weighted by molar-refractivity contribution is 14.0. The van der Waals surface area contributed by atoms with Gasteiger partial charge < -0.3 is 15.0 Å². The molecule has 2 heterocycles. The lowest BCUT2D eigenvalue weighted by Gasteiger charge is -2.34. The second-order valence-corrected chi connectivity index (χ2v) is 7.25. The summed E-state index contributed by atoms with van der Waals surface area (Å²) < 4.78 is 7.72. The van der Waals surface area contributed by atoms with Crippen LogP contribution in [0.2, 0.25) is 10.0 Å². The van der Waals surface area contributed by atoms with E-state index in [9.17, 15) is 0 Å². The largest absolute Gasteiger partial charge is 0.370 e. The minimum Gasteiger partial charge on any atom is -0.370 e. The zero-order chi connectivity index (χ0) is 19.2. The van der Waals surface area contributed by atoms with Crippen LogP contribution in [0, 0.1) is 0 Å². The lowest BCUT2D eigenvalue weighted by Crippen LogP contribution is -2.48. The fourth-order valence-electron chi connectivity index (χ4n) is 3.12. The van der Waals surface area contributed by atoms with Gasteiger partial charge in [-0.15, -0.1) is 24.0 Å². The topological polar surface area (TPSA) is 54.7 Å². The number of aliphatic imine (C=N–C) groups is 1. The van der Waals surface area contributed by atoms with E-state index in [-0.39, 0.29) is 30.1 Å². The fraction of sp³-hybridized carbons (Fsp3) is 0.474. The molecular weight excluding hydrogens is 512 g/mol. The van der Waals surface area contributed by atoms with E-state index < -0.39 is 0 Å². The van der Waals surface area contributed by atoms with Crippen LogP contribution in [0.15, 0.2) is 35.6 Å². The summed E-state index contributed by atoms with van der Waals surface area (Å²) in [5, 5.41) is 9.00. The summed E-state index contributed by atoms with van der Waals surface area (Å²) in [5.74, 6) is 0.887. The van der Waals surface area contributed by atoms with E-state index in [0.717, 1.165) is 36.7 Å². The second-order valence-electron chi connectivity index (χ2n) is 6.44. The van der Waals surface area contributed by atoms with Gasteiger partial charge in [0.15, 0.2) is 5.96 Å². The minimum absolute atomic E-state index is 0. The van der Waals surface area contributed by atoms with Gasteiger partial charge in [0, 0.05) is 48.5 Å². The van der Waals surface area contributed by atoms with Crippen LogP contribution >= 0.6 is 47.2 Å². The lowest BCUT2D eigenvalue weighted by atomic mass is 10.1. The predicted octanol–water partition coefficient (Wildman–Crippen LogP) is 3.93. The highest BCUT2D eigenvalue weighted by Gasteiger charge is 2.25. The maximum Gasteiger partial charge on any atom is 0.194 e. The van der Waals surface area contributed by atoms with Crippen molar-refractivity contribution in [3.05, 3.63) is 51.8 Å². The Bertz CT molecular complexity index is 778. The molecule has 1 aliphatic heterocycles. The molecule has 0 radical (unpaired) electrons. The van der Waals surface area contributed by atoms with E-state index in [1.807, 2.05) is 37.6 Å². The summed E-state index contributed by atoms with van der Waals surface area (Å²) in [6, 6.07) is 5.57. The number of aryl methyl sites for hydroxylation is 1. The van der Waals surface area contributed by atoms with Crippen LogP contribution in [0.3, 0.4) is 0 Å². The van der Waals surface area contributed by atoms with Gasteiger partial charge >= 0.3 is 0 Å². The Kier molecular flexibility index (Phi) is 9.33. The molecule has 1 fully saturated rings. The quantitative estimate of drug-likeness (QED) is 0.357. The van der Waals surface area contributed by atoms with Gasteiger partial charge in [0.05, 0.1) is 19.3 Å². The molecule has 1 N–H and O–H groups in total. The number of hydrogen-bond donors (Lipinski definition) is 1. The van der Waals surface area contributed by atoms with E-state index in [4.69, 9.17) is 32.9 Å². The fourth-order valence-corrected chi connectivity index (χ4v) is 3.71. The van der Waals surface area contributed by atoms with E-state index in [1.54, 1.807) is 4.68 Å². The third-order valence-electron chi connectivity index (χ3n) is 4.48. The lowest BCUT2D eigenvalue weighted by molar-refractivity contribution is -0.00803. The standard InChI is InChI=1S/C19H25Cl2N5O.HI/c1-3-22-19(23-8-7-15-16(20)5-4-6-17(15)21)26-9-10-27-18(13-26)14-11-24-25(2)12-14;/h4-6,11-12,18H,3,7-10,13H2,1-2H3,(H,22,23);1H. The van der Waals surface area contributed by atoms with Gasteiger partial charge in [-0.3, -0.25) is 9.67 Å². The first-order chi connectivity index (χ1) is 13.1. The van der Waals surface area contributed by atoms with Crippen molar-refractivity contribution in [1.82, 2.24) is 20.0 Å². The predicted molar refractivity (Wildman–Crippen MR) is 125 cm³/mol. The molecule has 0 bridgehead atoms. The van der Waals surface area contributed by atoms with Crippen LogP contribution in [0.4, 0.5) is 0 Å². The molecule has 9 heteroatoms. The smallest absolute Gasteiger partial charge is 0.194 e. The molecule has 154 valence electrons. The van der Waals surface area contributed by atoms with Gasteiger partial charge in [-0.1, -0.05) is 29.3 Å². The Morgan fingerprint density at radius 2 is 2.11 bits per heavy atom. The van der Waals surface area contributed by atoms with Crippen molar-refractivity contribution >= 4 is 53.1 Å². The minimum atomic E-state index is -0.00526. The normalized spacial score (nSPS) is 17.4. The number of benzene rings is 1. The molecule has 0 aliphatic carbocycles. The third kappa shape index (κ3) is 5.98. The molecule has 28 heavy (non-hydrogen) atoms. The van der Waals surface area contributed by atoms with Crippen LogP contribution in [-0.4, -0.2) is 53.4 Å². The molecule has 0 saturated carbocycles. The summed E-state index contributed by atoms with van der Waals surface area (Å²) in [5.41, 5.74) is 2.02. The molecule has 3 rings (SSSR count). The van der Waals surface area contributed by atoms with E-state index in [2.05, 4.69) is 22.2 Å².